The number of carbonyl (C=O) groups excluding carboxylic acids is 1. The topological polar surface area (TPSA) is 69.6 Å². The number of likely N-dealkylation sites (tertiary alicyclic amines) is 1. The van der Waals surface area contributed by atoms with Gasteiger partial charge in [-0.3, -0.25) is 9.69 Å². The molecule has 2 N–H and O–H groups in total. The van der Waals surface area contributed by atoms with Crippen LogP contribution in [0.25, 0.3) is 0 Å². The van der Waals surface area contributed by atoms with Gasteiger partial charge in [0, 0.05) is 25.7 Å². The normalized spacial score (nSPS) is 18.5. The number of benzene rings is 2. The van der Waals surface area contributed by atoms with Gasteiger partial charge in [0.05, 0.1) is 11.0 Å². The van der Waals surface area contributed by atoms with E-state index in [-0.39, 0.29) is 23.3 Å². The lowest BCUT2D eigenvalue weighted by Crippen LogP contribution is -2.65. The van der Waals surface area contributed by atoms with Crippen molar-refractivity contribution in [1.82, 2.24) is 10.2 Å². The molecule has 0 atom stereocenters. The number of halogens is 1. The lowest BCUT2D eigenvalue weighted by atomic mass is 9.73. The zero-order valence-electron chi connectivity index (χ0n) is 16.2. The Bertz CT molecular complexity index is 920. The zero-order valence-corrected chi connectivity index (χ0v) is 16.2. The van der Waals surface area contributed by atoms with Crippen molar-refractivity contribution in [3.8, 4) is 0 Å². The summed E-state index contributed by atoms with van der Waals surface area (Å²) in [6.45, 7) is 1.42. The number of hydrogen-bond donors (Lipinski definition) is 2. The summed E-state index contributed by atoms with van der Waals surface area (Å²) in [6, 6.07) is 13.7. The number of rotatable bonds is 7. The first-order valence-electron chi connectivity index (χ1n) is 10.0. The molecule has 4 rings (SSSR count). The molecule has 29 heavy (non-hydrogen) atoms. The van der Waals surface area contributed by atoms with Crippen LogP contribution < -0.4 is 5.32 Å². The Hall–Kier alpha value is -2.73. The summed E-state index contributed by atoms with van der Waals surface area (Å²) in [5.74, 6) is -1.27. The highest BCUT2D eigenvalue weighted by Gasteiger charge is 2.50. The second-order valence-electron chi connectivity index (χ2n) is 8.26. The van der Waals surface area contributed by atoms with Crippen LogP contribution in [0.2, 0.25) is 0 Å². The first-order valence-corrected chi connectivity index (χ1v) is 10.0. The van der Waals surface area contributed by atoms with Gasteiger partial charge in [-0.1, -0.05) is 36.4 Å². The third kappa shape index (κ3) is 4.03. The molecule has 0 radical (unpaired) electrons. The Balaban J connectivity index is 1.50. The fourth-order valence-corrected chi connectivity index (χ4v) is 4.26. The minimum absolute atomic E-state index is 0.0202. The van der Waals surface area contributed by atoms with E-state index >= 15 is 0 Å². The maximum Gasteiger partial charge on any atom is 0.336 e. The number of nitrogens with one attached hydrogen (secondary N) is 1. The molecule has 1 heterocycles. The van der Waals surface area contributed by atoms with Gasteiger partial charge in [0.25, 0.3) is 0 Å². The third-order valence-electron chi connectivity index (χ3n) is 6.10. The smallest absolute Gasteiger partial charge is 0.336 e. The highest BCUT2D eigenvalue weighted by molar-refractivity contribution is 5.89. The number of carboxylic acids is 1. The molecule has 0 unspecified atom stereocenters. The Morgan fingerprint density at radius 3 is 2.34 bits per heavy atom. The first kappa shape index (κ1) is 19.6. The average molecular weight is 396 g/mol. The molecule has 2 fully saturated rings. The van der Waals surface area contributed by atoms with Crippen molar-refractivity contribution < 1.29 is 19.1 Å². The quantitative estimate of drug-likeness (QED) is 0.754. The summed E-state index contributed by atoms with van der Waals surface area (Å²) >= 11 is 0. The van der Waals surface area contributed by atoms with Gasteiger partial charge in [0.2, 0.25) is 5.91 Å². The first-order chi connectivity index (χ1) is 14.0. The fraction of sp³-hybridized carbons (Fsp3) is 0.391. The van der Waals surface area contributed by atoms with Gasteiger partial charge in [0.1, 0.15) is 5.82 Å². The van der Waals surface area contributed by atoms with Crippen molar-refractivity contribution in [2.75, 3.05) is 13.1 Å². The van der Waals surface area contributed by atoms with E-state index in [1.165, 1.54) is 6.07 Å². The second-order valence-corrected chi connectivity index (χ2v) is 8.26. The molecule has 6 heteroatoms. The maximum atomic E-state index is 14.3. The molecule has 5 nitrogen and oxygen atoms in total. The number of hydrogen-bond acceptors (Lipinski definition) is 3. The monoisotopic (exact) mass is 396 g/mol. The van der Waals surface area contributed by atoms with Crippen molar-refractivity contribution in [3.05, 3.63) is 71.0 Å². The van der Waals surface area contributed by atoms with E-state index in [0.29, 0.717) is 31.6 Å². The van der Waals surface area contributed by atoms with Gasteiger partial charge < -0.3 is 10.4 Å². The molecule has 0 spiro atoms. The Morgan fingerprint density at radius 1 is 1.07 bits per heavy atom. The number of nitrogens with zero attached hydrogens (tertiary/aromatic N) is 1. The Labute approximate surface area is 169 Å². The summed E-state index contributed by atoms with van der Waals surface area (Å²) in [7, 11) is 0. The summed E-state index contributed by atoms with van der Waals surface area (Å²) in [4.78, 5) is 26.6. The van der Waals surface area contributed by atoms with Crippen molar-refractivity contribution >= 4 is 11.9 Å². The molecule has 2 aliphatic rings. The second kappa shape index (κ2) is 7.95. The van der Waals surface area contributed by atoms with Crippen LogP contribution in [-0.2, 0) is 17.8 Å². The van der Waals surface area contributed by atoms with Crippen LogP contribution in [0.4, 0.5) is 4.39 Å². The van der Waals surface area contributed by atoms with Crippen LogP contribution in [0.3, 0.4) is 0 Å². The lowest BCUT2D eigenvalue weighted by molar-refractivity contribution is -0.143. The predicted octanol–water partition coefficient (Wildman–Crippen LogP) is 3.24. The molecule has 0 aromatic heterocycles. The van der Waals surface area contributed by atoms with E-state index in [9.17, 15) is 19.1 Å². The molecule has 1 saturated carbocycles. The van der Waals surface area contributed by atoms with Gasteiger partial charge in [-0.2, -0.15) is 0 Å². The molecule has 1 aliphatic carbocycles. The van der Waals surface area contributed by atoms with Gasteiger partial charge in [-0.15, -0.1) is 0 Å². The average Bonchev–Trinajstić information content (AvgIpc) is 2.64. The zero-order chi connectivity index (χ0) is 20.4. The SMILES string of the molecule is O=C(O)c1ccccc1CN1CC(Cc2ccccc2F)(C(=O)NC2CCC2)C1. The molecule has 1 saturated heterocycles. The van der Waals surface area contributed by atoms with Crippen LogP contribution in [0.15, 0.2) is 48.5 Å². The Kier molecular flexibility index (Phi) is 5.37. The van der Waals surface area contributed by atoms with E-state index in [0.717, 1.165) is 24.8 Å². The van der Waals surface area contributed by atoms with E-state index in [1.54, 1.807) is 36.4 Å². The van der Waals surface area contributed by atoms with E-state index in [1.807, 2.05) is 6.07 Å². The van der Waals surface area contributed by atoms with Crippen LogP contribution in [0.1, 0.15) is 40.7 Å². The molecular weight excluding hydrogens is 371 g/mol. The van der Waals surface area contributed by atoms with Gasteiger partial charge in [0.15, 0.2) is 0 Å². The van der Waals surface area contributed by atoms with Crippen LogP contribution in [0.5, 0.6) is 0 Å². The summed E-state index contributed by atoms with van der Waals surface area (Å²) in [5.41, 5.74) is 0.856. The highest BCUT2D eigenvalue weighted by atomic mass is 19.1. The molecule has 1 aliphatic heterocycles. The standard InChI is InChI=1S/C23H25FN2O3/c24-20-11-4-2-6-16(20)12-23(22(29)25-18-8-5-9-18)14-26(15-23)13-17-7-1-3-10-19(17)21(27)28/h1-4,6-7,10-11,18H,5,8-9,12-15H2,(H,25,29)(H,27,28). The fourth-order valence-electron chi connectivity index (χ4n) is 4.26. The van der Waals surface area contributed by atoms with Gasteiger partial charge in [-0.05, 0) is 48.9 Å². The molecule has 2 aromatic carbocycles. The largest absolute Gasteiger partial charge is 0.478 e. The molecule has 0 bridgehead atoms. The van der Waals surface area contributed by atoms with Crippen LogP contribution in [0, 0.1) is 11.2 Å². The number of carboxylic acid groups (broad SMARTS) is 1. The van der Waals surface area contributed by atoms with Crippen LogP contribution >= 0.6 is 0 Å². The third-order valence-corrected chi connectivity index (χ3v) is 6.10. The van der Waals surface area contributed by atoms with Crippen molar-refractivity contribution in [3.63, 3.8) is 0 Å². The van der Waals surface area contributed by atoms with Crippen molar-refractivity contribution in [2.24, 2.45) is 5.41 Å². The summed E-state index contributed by atoms with van der Waals surface area (Å²) in [5, 5.41) is 12.5. The number of aromatic carboxylic acids is 1. The highest BCUT2D eigenvalue weighted by Crippen LogP contribution is 2.37. The van der Waals surface area contributed by atoms with Crippen molar-refractivity contribution in [2.45, 2.75) is 38.3 Å². The molecule has 2 aromatic rings. The molecule has 1 amide bonds. The number of carbonyl (C=O) groups is 2. The van der Waals surface area contributed by atoms with Gasteiger partial charge >= 0.3 is 5.97 Å². The van der Waals surface area contributed by atoms with Crippen molar-refractivity contribution in [1.29, 1.82) is 0 Å². The summed E-state index contributed by atoms with van der Waals surface area (Å²) < 4.78 is 14.3. The summed E-state index contributed by atoms with van der Waals surface area (Å²) in [6.07, 6.45) is 3.47. The van der Waals surface area contributed by atoms with E-state index < -0.39 is 11.4 Å². The number of amides is 1. The lowest BCUT2D eigenvalue weighted by Gasteiger charge is -2.50. The molecule has 152 valence electrons. The van der Waals surface area contributed by atoms with Gasteiger partial charge in [-0.25, -0.2) is 9.18 Å². The maximum absolute atomic E-state index is 14.3. The Morgan fingerprint density at radius 2 is 1.72 bits per heavy atom. The predicted molar refractivity (Wildman–Crippen MR) is 107 cm³/mol. The minimum Gasteiger partial charge on any atom is -0.478 e. The van der Waals surface area contributed by atoms with Crippen LogP contribution in [-0.4, -0.2) is 41.0 Å². The van der Waals surface area contributed by atoms with E-state index in [4.69, 9.17) is 0 Å². The van der Waals surface area contributed by atoms with E-state index in [2.05, 4.69) is 10.2 Å². The minimum atomic E-state index is -0.957. The molecular formula is C23H25FN2O3.